The Hall–Kier alpha value is -2.20. The molecule has 0 spiro atoms. The van der Waals surface area contributed by atoms with E-state index in [0.29, 0.717) is 49.1 Å². The van der Waals surface area contributed by atoms with Gasteiger partial charge in [0.15, 0.2) is 5.96 Å². The van der Waals surface area contributed by atoms with Crippen molar-refractivity contribution in [3.63, 3.8) is 0 Å². The molecule has 2 atom stereocenters. The van der Waals surface area contributed by atoms with E-state index >= 15 is 0 Å². The molecule has 1 aromatic carbocycles. The number of aliphatic hydroxyl groups excluding tert-OH is 1. The van der Waals surface area contributed by atoms with Crippen molar-refractivity contribution >= 4 is 5.96 Å². The molecule has 2 unspecified atom stereocenters. The normalized spacial score (nSPS) is 19.1. The standard InChI is InChI=1S/C19H29F3N4O3/c1-4-23-18(25-14-5-6-26(11-14)12-19(20,21)22)24-10-17(27)13-7-15(28-2)9-16(8-13)29-3/h7-9,14,17,27H,4-6,10-12H2,1-3H3,(H2,23,24,25). The molecule has 0 aromatic heterocycles. The summed E-state index contributed by atoms with van der Waals surface area (Å²) in [6.45, 7) is 2.32. The van der Waals surface area contributed by atoms with Crippen LogP contribution in [0.1, 0.15) is 25.0 Å². The van der Waals surface area contributed by atoms with E-state index in [4.69, 9.17) is 9.47 Å². The first-order chi connectivity index (χ1) is 13.7. The van der Waals surface area contributed by atoms with E-state index < -0.39 is 18.8 Å². The Morgan fingerprint density at radius 2 is 1.93 bits per heavy atom. The third-order valence-electron chi connectivity index (χ3n) is 4.54. The van der Waals surface area contributed by atoms with Crippen molar-refractivity contribution in [2.45, 2.75) is 31.7 Å². The average Bonchev–Trinajstić information content (AvgIpc) is 3.10. The first-order valence-electron chi connectivity index (χ1n) is 9.49. The fourth-order valence-corrected chi connectivity index (χ4v) is 3.17. The molecular formula is C19H29F3N4O3. The molecule has 3 N–H and O–H groups in total. The summed E-state index contributed by atoms with van der Waals surface area (Å²) in [5, 5.41) is 16.7. The van der Waals surface area contributed by atoms with Gasteiger partial charge in [-0.1, -0.05) is 0 Å². The van der Waals surface area contributed by atoms with Crippen LogP contribution in [0.5, 0.6) is 11.5 Å². The van der Waals surface area contributed by atoms with Gasteiger partial charge in [-0.15, -0.1) is 0 Å². The van der Waals surface area contributed by atoms with Crippen LogP contribution in [-0.2, 0) is 0 Å². The number of likely N-dealkylation sites (tertiary alicyclic amines) is 1. The summed E-state index contributed by atoms with van der Waals surface area (Å²) in [4.78, 5) is 5.76. The molecule has 0 saturated carbocycles. The Morgan fingerprint density at radius 3 is 2.48 bits per heavy atom. The Balaban J connectivity index is 1.98. The molecule has 0 radical (unpaired) electrons. The van der Waals surface area contributed by atoms with Gasteiger partial charge in [0, 0.05) is 31.7 Å². The van der Waals surface area contributed by atoms with Crippen LogP contribution in [-0.4, -0.2) is 75.1 Å². The zero-order valence-electron chi connectivity index (χ0n) is 16.9. The number of aliphatic hydroxyl groups is 1. The van der Waals surface area contributed by atoms with Crippen molar-refractivity contribution in [3.8, 4) is 11.5 Å². The maximum atomic E-state index is 12.6. The van der Waals surface area contributed by atoms with Crippen molar-refractivity contribution in [2.75, 3.05) is 46.9 Å². The molecule has 1 aliphatic rings. The lowest BCUT2D eigenvalue weighted by Gasteiger charge is -2.20. The number of nitrogens with zero attached hydrogens (tertiary/aromatic N) is 2. The minimum Gasteiger partial charge on any atom is -0.497 e. The van der Waals surface area contributed by atoms with Gasteiger partial charge < -0.3 is 25.2 Å². The fraction of sp³-hybridized carbons (Fsp3) is 0.632. The highest BCUT2D eigenvalue weighted by atomic mass is 19.4. The lowest BCUT2D eigenvalue weighted by Crippen LogP contribution is -2.45. The first kappa shape index (κ1) is 23.1. The monoisotopic (exact) mass is 418 g/mol. The van der Waals surface area contributed by atoms with E-state index in [-0.39, 0.29) is 12.6 Å². The SMILES string of the molecule is CCNC(=NCC(O)c1cc(OC)cc(OC)c1)NC1CCN(CC(F)(F)F)C1. The number of hydrogen-bond acceptors (Lipinski definition) is 5. The van der Waals surface area contributed by atoms with Gasteiger partial charge in [-0.3, -0.25) is 9.89 Å². The highest BCUT2D eigenvalue weighted by molar-refractivity contribution is 5.80. The fourth-order valence-electron chi connectivity index (χ4n) is 3.17. The van der Waals surface area contributed by atoms with Crippen molar-refractivity contribution in [3.05, 3.63) is 23.8 Å². The summed E-state index contributed by atoms with van der Waals surface area (Å²) < 4.78 is 48.1. The molecule has 0 amide bonds. The molecule has 1 heterocycles. The summed E-state index contributed by atoms with van der Waals surface area (Å²) in [5.74, 6) is 1.58. The van der Waals surface area contributed by atoms with Gasteiger partial charge in [-0.05, 0) is 31.0 Å². The van der Waals surface area contributed by atoms with E-state index in [2.05, 4.69) is 15.6 Å². The highest BCUT2D eigenvalue weighted by Crippen LogP contribution is 2.26. The number of nitrogens with one attached hydrogen (secondary N) is 2. The van der Waals surface area contributed by atoms with Crippen LogP contribution in [0.4, 0.5) is 13.2 Å². The Morgan fingerprint density at radius 1 is 1.28 bits per heavy atom. The van der Waals surface area contributed by atoms with Crippen LogP contribution in [0.25, 0.3) is 0 Å². The lowest BCUT2D eigenvalue weighted by molar-refractivity contribution is -0.143. The van der Waals surface area contributed by atoms with Crippen molar-refractivity contribution in [1.82, 2.24) is 15.5 Å². The largest absolute Gasteiger partial charge is 0.497 e. The number of methoxy groups -OCH3 is 2. The van der Waals surface area contributed by atoms with Gasteiger partial charge in [-0.25, -0.2) is 0 Å². The molecule has 1 aliphatic heterocycles. The van der Waals surface area contributed by atoms with Crippen molar-refractivity contribution < 1.29 is 27.8 Å². The third-order valence-corrected chi connectivity index (χ3v) is 4.54. The molecule has 1 fully saturated rings. The summed E-state index contributed by atoms with van der Waals surface area (Å²) in [7, 11) is 3.06. The van der Waals surface area contributed by atoms with E-state index in [1.807, 2.05) is 6.92 Å². The van der Waals surface area contributed by atoms with Gasteiger partial charge >= 0.3 is 6.18 Å². The number of rotatable bonds is 8. The molecule has 164 valence electrons. The van der Waals surface area contributed by atoms with Crippen LogP contribution in [0.2, 0.25) is 0 Å². The molecule has 0 aliphatic carbocycles. The molecular weight excluding hydrogens is 389 g/mol. The second kappa shape index (κ2) is 10.5. The zero-order chi connectivity index (χ0) is 21.4. The predicted octanol–water partition coefficient (Wildman–Crippen LogP) is 1.93. The van der Waals surface area contributed by atoms with E-state index in [0.717, 1.165) is 0 Å². The molecule has 2 rings (SSSR count). The van der Waals surface area contributed by atoms with Crippen LogP contribution in [0, 0.1) is 0 Å². The van der Waals surface area contributed by atoms with Gasteiger partial charge in [-0.2, -0.15) is 13.2 Å². The molecule has 0 bridgehead atoms. The molecule has 10 heteroatoms. The summed E-state index contributed by atoms with van der Waals surface area (Å²) in [6.07, 6.45) is -4.49. The second-order valence-corrected chi connectivity index (χ2v) is 6.86. The second-order valence-electron chi connectivity index (χ2n) is 6.86. The molecule has 7 nitrogen and oxygen atoms in total. The Bertz CT molecular complexity index is 663. The Labute approximate surface area is 168 Å². The highest BCUT2D eigenvalue weighted by Gasteiger charge is 2.34. The van der Waals surface area contributed by atoms with E-state index in [1.54, 1.807) is 18.2 Å². The zero-order valence-corrected chi connectivity index (χ0v) is 16.9. The Kier molecular flexibility index (Phi) is 8.39. The van der Waals surface area contributed by atoms with Gasteiger partial charge in [0.1, 0.15) is 11.5 Å². The van der Waals surface area contributed by atoms with Gasteiger partial charge in [0.05, 0.1) is 33.4 Å². The van der Waals surface area contributed by atoms with Gasteiger partial charge in [0.2, 0.25) is 0 Å². The lowest BCUT2D eigenvalue weighted by atomic mass is 10.1. The van der Waals surface area contributed by atoms with Crippen molar-refractivity contribution in [2.24, 2.45) is 4.99 Å². The van der Waals surface area contributed by atoms with Crippen LogP contribution >= 0.6 is 0 Å². The number of aliphatic imine (C=N–C) groups is 1. The number of halogens is 3. The van der Waals surface area contributed by atoms with E-state index in [9.17, 15) is 18.3 Å². The number of guanidine groups is 1. The molecule has 29 heavy (non-hydrogen) atoms. The molecule has 1 saturated heterocycles. The predicted molar refractivity (Wildman–Crippen MR) is 105 cm³/mol. The number of alkyl halides is 3. The van der Waals surface area contributed by atoms with Crippen LogP contribution in [0.3, 0.4) is 0 Å². The first-order valence-corrected chi connectivity index (χ1v) is 9.49. The smallest absolute Gasteiger partial charge is 0.401 e. The third kappa shape index (κ3) is 7.62. The number of hydrogen-bond donors (Lipinski definition) is 3. The average molecular weight is 418 g/mol. The van der Waals surface area contributed by atoms with Crippen molar-refractivity contribution in [1.29, 1.82) is 0 Å². The minimum absolute atomic E-state index is 0.0740. The van der Waals surface area contributed by atoms with Crippen LogP contribution < -0.4 is 20.1 Å². The molecule has 1 aromatic rings. The topological polar surface area (TPSA) is 78.4 Å². The van der Waals surface area contributed by atoms with Crippen LogP contribution in [0.15, 0.2) is 23.2 Å². The van der Waals surface area contributed by atoms with E-state index in [1.165, 1.54) is 19.1 Å². The maximum Gasteiger partial charge on any atom is 0.401 e. The minimum atomic E-state index is -4.20. The summed E-state index contributed by atoms with van der Waals surface area (Å²) in [5.41, 5.74) is 0.595. The number of benzene rings is 1. The summed E-state index contributed by atoms with van der Waals surface area (Å²) >= 11 is 0. The van der Waals surface area contributed by atoms with Gasteiger partial charge in [0.25, 0.3) is 0 Å². The maximum absolute atomic E-state index is 12.6. The summed E-state index contributed by atoms with van der Waals surface area (Å²) in [6, 6.07) is 4.98. The number of ether oxygens (including phenoxy) is 2. The quantitative estimate of drug-likeness (QED) is 0.442.